The third-order valence-electron chi connectivity index (χ3n) is 2.05. The smallest absolute Gasteiger partial charge is 0.140 e. The molecule has 15 heavy (non-hydrogen) atoms. The maximum absolute atomic E-state index is 11.3. The summed E-state index contributed by atoms with van der Waals surface area (Å²) in [5, 5.41) is 0. The first kappa shape index (κ1) is 12.4. The molecule has 0 heterocycles. The van der Waals surface area contributed by atoms with Gasteiger partial charge in [0.2, 0.25) is 0 Å². The van der Waals surface area contributed by atoms with Crippen LogP contribution in [0.5, 0.6) is 0 Å². The fourth-order valence-corrected chi connectivity index (χ4v) is 1.66. The number of hydrogen-bond donors (Lipinski definition) is 0. The monoisotopic (exact) mass is 316 g/mol. The number of aryl methyl sites for hydroxylation is 1. The van der Waals surface area contributed by atoms with E-state index in [9.17, 15) is 9.59 Å². The number of carbonyl (C=O) groups is 2. The summed E-state index contributed by atoms with van der Waals surface area (Å²) in [5.41, 5.74) is 1.15. The van der Waals surface area contributed by atoms with Crippen molar-refractivity contribution in [1.82, 2.24) is 0 Å². The molecule has 1 rings (SSSR count). The topological polar surface area (TPSA) is 34.1 Å². The fraction of sp³-hybridized carbons (Fsp3) is 0.333. The van der Waals surface area contributed by atoms with Crippen LogP contribution < -0.4 is 0 Å². The average Bonchev–Trinajstić information content (AvgIpc) is 2.16. The van der Waals surface area contributed by atoms with Crippen LogP contribution >= 0.6 is 22.6 Å². The molecule has 0 bridgehead atoms. The predicted octanol–water partition coefficient (Wildman–Crippen LogP) is 2.77. The molecule has 0 N–H and O–H groups in total. The Morgan fingerprint density at radius 2 is 1.80 bits per heavy atom. The van der Waals surface area contributed by atoms with E-state index >= 15 is 0 Å². The molecule has 1 aromatic carbocycles. The van der Waals surface area contributed by atoms with Crippen molar-refractivity contribution in [1.29, 1.82) is 0 Å². The first-order chi connectivity index (χ1) is 7.08. The van der Waals surface area contributed by atoms with Gasteiger partial charge in [-0.2, -0.15) is 0 Å². The van der Waals surface area contributed by atoms with E-state index in [4.69, 9.17) is 0 Å². The van der Waals surface area contributed by atoms with Crippen LogP contribution in [0.2, 0.25) is 0 Å². The van der Waals surface area contributed by atoms with Gasteiger partial charge in [-0.15, -0.1) is 0 Å². The van der Waals surface area contributed by atoms with E-state index in [1.807, 2.05) is 24.3 Å². The molecular formula is C12H13IO2. The van der Waals surface area contributed by atoms with Crippen LogP contribution in [0.25, 0.3) is 0 Å². The van der Waals surface area contributed by atoms with Crippen molar-refractivity contribution in [3.05, 3.63) is 33.4 Å². The second-order valence-corrected chi connectivity index (χ2v) is 4.79. The molecule has 0 saturated heterocycles. The van der Waals surface area contributed by atoms with Gasteiger partial charge in [-0.1, -0.05) is 12.1 Å². The molecular weight excluding hydrogens is 303 g/mol. The summed E-state index contributed by atoms with van der Waals surface area (Å²) in [6.45, 7) is 1.45. The first-order valence-electron chi connectivity index (χ1n) is 4.83. The zero-order valence-corrected chi connectivity index (χ0v) is 10.8. The van der Waals surface area contributed by atoms with Gasteiger partial charge in [0, 0.05) is 9.99 Å². The van der Waals surface area contributed by atoms with E-state index in [1.54, 1.807) is 0 Å². The zero-order valence-electron chi connectivity index (χ0n) is 8.63. The van der Waals surface area contributed by atoms with Crippen molar-refractivity contribution in [2.75, 3.05) is 0 Å². The summed E-state index contributed by atoms with van der Waals surface area (Å²) in [7, 11) is 0. The molecule has 3 heteroatoms. The van der Waals surface area contributed by atoms with Crippen LogP contribution in [0.15, 0.2) is 24.3 Å². The predicted molar refractivity (Wildman–Crippen MR) is 67.8 cm³/mol. The standard InChI is InChI=1S/C12H13IO2/c1-9(14)8-12(15)7-4-10-2-5-11(13)6-3-10/h2-3,5-6H,4,7-8H2,1H3. The van der Waals surface area contributed by atoms with Gasteiger partial charge in [-0.05, 0) is 53.6 Å². The minimum Gasteiger partial charge on any atom is -0.300 e. The van der Waals surface area contributed by atoms with E-state index in [1.165, 1.54) is 10.5 Å². The second-order valence-electron chi connectivity index (χ2n) is 3.54. The van der Waals surface area contributed by atoms with Gasteiger partial charge in [-0.25, -0.2) is 0 Å². The van der Waals surface area contributed by atoms with E-state index < -0.39 is 0 Å². The molecule has 80 valence electrons. The van der Waals surface area contributed by atoms with E-state index in [0.717, 1.165) is 12.0 Å². The normalized spacial score (nSPS) is 10.0. The second kappa shape index (κ2) is 6.00. The highest BCUT2D eigenvalue weighted by atomic mass is 127. The van der Waals surface area contributed by atoms with Crippen LogP contribution in [-0.4, -0.2) is 11.6 Å². The van der Waals surface area contributed by atoms with Crippen LogP contribution in [0.1, 0.15) is 25.3 Å². The Balaban J connectivity index is 2.40. The third-order valence-corrected chi connectivity index (χ3v) is 2.77. The lowest BCUT2D eigenvalue weighted by Crippen LogP contribution is -2.05. The summed E-state index contributed by atoms with van der Waals surface area (Å²) in [5.74, 6) is -0.0244. The highest BCUT2D eigenvalue weighted by molar-refractivity contribution is 14.1. The number of benzene rings is 1. The maximum Gasteiger partial charge on any atom is 0.140 e. The summed E-state index contributed by atoms with van der Waals surface area (Å²) in [6.07, 6.45) is 1.26. The zero-order chi connectivity index (χ0) is 11.3. The molecule has 2 nitrogen and oxygen atoms in total. The van der Waals surface area contributed by atoms with E-state index in [-0.39, 0.29) is 18.0 Å². The lowest BCUT2D eigenvalue weighted by molar-refractivity contribution is -0.125. The summed E-state index contributed by atoms with van der Waals surface area (Å²) < 4.78 is 1.19. The number of ketones is 2. The summed E-state index contributed by atoms with van der Waals surface area (Å²) in [4.78, 5) is 22.0. The first-order valence-corrected chi connectivity index (χ1v) is 5.91. The van der Waals surface area contributed by atoms with E-state index in [2.05, 4.69) is 22.6 Å². The Hall–Kier alpha value is -0.710. The van der Waals surface area contributed by atoms with Crippen LogP contribution in [0.3, 0.4) is 0 Å². The SMILES string of the molecule is CC(=O)CC(=O)CCc1ccc(I)cc1. The van der Waals surface area contributed by atoms with Crippen molar-refractivity contribution < 1.29 is 9.59 Å². The van der Waals surface area contributed by atoms with Crippen LogP contribution in [-0.2, 0) is 16.0 Å². The maximum atomic E-state index is 11.3. The highest BCUT2D eigenvalue weighted by Crippen LogP contribution is 2.09. The molecule has 0 atom stereocenters. The van der Waals surface area contributed by atoms with Crippen molar-refractivity contribution in [2.24, 2.45) is 0 Å². The van der Waals surface area contributed by atoms with Gasteiger partial charge in [0.15, 0.2) is 0 Å². The lowest BCUT2D eigenvalue weighted by atomic mass is 10.1. The lowest BCUT2D eigenvalue weighted by Gasteiger charge is -2.00. The van der Waals surface area contributed by atoms with Crippen molar-refractivity contribution in [3.63, 3.8) is 0 Å². The number of rotatable bonds is 5. The Labute approximate surface area is 103 Å². The fourth-order valence-electron chi connectivity index (χ4n) is 1.30. The number of halogens is 1. The van der Waals surface area contributed by atoms with Gasteiger partial charge >= 0.3 is 0 Å². The molecule has 0 aliphatic heterocycles. The van der Waals surface area contributed by atoms with Gasteiger partial charge in [0.05, 0.1) is 6.42 Å². The molecule has 0 unspecified atom stereocenters. The number of Topliss-reactive ketones (excluding diaryl/α,β-unsaturated/α-hetero) is 2. The number of hydrogen-bond acceptors (Lipinski definition) is 2. The Kier molecular flexibility index (Phi) is 4.94. The average molecular weight is 316 g/mol. The summed E-state index contributed by atoms with van der Waals surface area (Å²) in [6, 6.07) is 8.07. The molecule has 0 aliphatic carbocycles. The van der Waals surface area contributed by atoms with Gasteiger partial charge in [0.1, 0.15) is 11.6 Å². The van der Waals surface area contributed by atoms with Gasteiger partial charge in [0.25, 0.3) is 0 Å². The minimum atomic E-state index is -0.0531. The van der Waals surface area contributed by atoms with Gasteiger partial charge < -0.3 is 0 Å². The highest BCUT2D eigenvalue weighted by Gasteiger charge is 2.05. The van der Waals surface area contributed by atoms with Crippen LogP contribution in [0, 0.1) is 3.57 Å². The van der Waals surface area contributed by atoms with Crippen molar-refractivity contribution in [2.45, 2.75) is 26.2 Å². The molecule has 1 aromatic rings. The van der Waals surface area contributed by atoms with Gasteiger partial charge in [-0.3, -0.25) is 9.59 Å². The van der Waals surface area contributed by atoms with Crippen molar-refractivity contribution in [3.8, 4) is 0 Å². The Morgan fingerprint density at radius 1 is 1.20 bits per heavy atom. The molecule has 0 aliphatic rings. The Bertz CT molecular complexity index is 354. The molecule has 0 saturated carbocycles. The largest absolute Gasteiger partial charge is 0.300 e. The molecule has 0 fully saturated rings. The number of carbonyl (C=O) groups excluding carboxylic acids is 2. The molecule has 0 spiro atoms. The van der Waals surface area contributed by atoms with Crippen molar-refractivity contribution >= 4 is 34.2 Å². The quantitative estimate of drug-likeness (QED) is 0.618. The van der Waals surface area contributed by atoms with E-state index in [0.29, 0.717) is 6.42 Å². The molecule has 0 amide bonds. The minimum absolute atomic E-state index is 0.0288. The van der Waals surface area contributed by atoms with Crippen LogP contribution in [0.4, 0.5) is 0 Å². The summed E-state index contributed by atoms with van der Waals surface area (Å²) >= 11 is 2.24. The molecule has 0 radical (unpaired) electrons. The third kappa shape index (κ3) is 5.06. The Morgan fingerprint density at radius 3 is 2.33 bits per heavy atom. The molecule has 0 aromatic heterocycles.